The van der Waals surface area contributed by atoms with E-state index < -0.39 is 0 Å². The Labute approximate surface area is 68.6 Å². The minimum absolute atomic E-state index is 0.249. The molecule has 1 aromatic carbocycles. The highest BCUT2D eigenvalue weighted by atomic mass is 16.2. The Morgan fingerprint density at radius 2 is 2.00 bits per heavy atom. The van der Waals surface area contributed by atoms with Crippen LogP contribution in [0.25, 0.3) is 0 Å². The van der Waals surface area contributed by atoms with Crippen LogP contribution in [-0.4, -0.2) is 6.03 Å². The van der Waals surface area contributed by atoms with E-state index in [0.717, 1.165) is 5.69 Å². The fourth-order valence-electron chi connectivity index (χ4n) is 1.00. The first-order valence-corrected chi connectivity index (χ1v) is 3.51. The summed E-state index contributed by atoms with van der Waals surface area (Å²) < 4.78 is 0. The zero-order chi connectivity index (χ0) is 8.39. The van der Waals surface area contributed by atoms with Gasteiger partial charge in [0.15, 0.2) is 5.69 Å². The molecule has 2 amide bonds. The molecule has 5 heteroatoms. The molecule has 0 radical (unpaired) electrons. The van der Waals surface area contributed by atoms with Crippen molar-refractivity contribution >= 4 is 11.7 Å². The van der Waals surface area contributed by atoms with Crippen LogP contribution in [0.3, 0.4) is 0 Å². The van der Waals surface area contributed by atoms with E-state index in [9.17, 15) is 4.79 Å². The number of nitrogens with zero attached hydrogens (tertiary/aromatic N) is 2. The first-order valence-electron chi connectivity index (χ1n) is 3.51. The van der Waals surface area contributed by atoms with Crippen LogP contribution >= 0.6 is 0 Å². The lowest BCUT2D eigenvalue weighted by molar-refractivity contribution is -0.748. The predicted molar refractivity (Wildman–Crippen MR) is 40.5 cm³/mol. The van der Waals surface area contributed by atoms with E-state index in [0.29, 0.717) is 5.01 Å². The topological polar surface area (TPSA) is 58.3 Å². The Morgan fingerprint density at radius 1 is 1.25 bits per heavy atom. The summed E-state index contributed by atoms with van der Waals surface area (Å²) in [6.45, 7) is 0. The molecule has 60 valence electrons. The summed E-state index contributed by atoms with van der Waals surface area (Å²) >= 11 is 0. The van der Waals surface area contributed by atoms with E-state index in [1.54, 1.807) is 0 Å². The molecule has 2 N–H and O–H groups in total. The largest absolute Gasteiger partial charge is 0.469 e. The smallest absolute Gasteiger partial charge is 0.202 e. The second-order valence-corrected chi connectivity index (χ2v) is 2.36. The van der Waals surface area contributed by atoms with Gasteiger partial charge in [-0.2, -0.15) is 5.43 Å². The molecule has 1 aliphatic heterocycles. The van der Waals surface area contributed by atoms with E-state index in [4.69, 9.17) is 0 Å². The summed E-state index contributed by atoms with van der Waals surface area (Å²) in [4.78, 5) is 11.0. The highest BCUT2D eigenvalue weighted by Crippen LogP contribution is 1.99. The average molecular weight is 163 g/mol. The van der Waals surface area contributed by atoms with Crippen LogP contribution in [0.1, 0.15) is 0 Å². The molecule has 1 heterocycles. The third-order valence-corrected chi connectivity index (χ3v) is 1.56. The zero-order valence-corrected chi connectivity index (χ0v) is 6.19. The number of hydrogen-bond acceptors (Lipinski definition) is 3. The number of quaternary nitrogens is 1. The molecule has 1 aliphatic rings. The number of urea groups is 1. The molecule has 5 nitrogen and oxygen atoms in total. The van der Waals surface area contributed by atoms with Crippen molar-refractivity contribution in [1.82, 2.24) is 5.43 Å². The van der Waals surface area contributed by atoms with Gasteiger partial charge in [0.1, 0.15) is 0 Å². The van der Waals surface area contributed by atoms with Gasteiger partial charge in [-0.05, 0) is 5.22 Å². The number of carbonyl (C=O) groups is 1. The number of para-hydroxylation sites is 1. The van der Waals surface area contributed by atoms with Gasteiger partial charge in [-0.3, -0.25) is 0 Å². The number of benzene rings is 1. The first kappa shape index (κ1) is 6.93. The van der Waals surface area contributed by atoms with Crippen molar-refractivity contribution in [3.63, 3.8) is 0 Å². The highest BCUT2D eigenvalue weighted by Gasteiger charge is 2.27. The summed E-state index contributed by atoms with van der Waals surface area (Å²) in [7, 11) is 0. The van der Waals surface area contributed by atoms with Crippen LogP contribution in [0.15, 0.2) is 40.8 Å². The summed E-state index contributed by atoms with van der Waals surface area (Å²) in [5, 5.41) is 7.45. The minimum Gasteiger partial charge on any atom is -0.202 e. The van der Waals surface area contributed by atoms with Crippen LogP contribution in [0.5, 0.6) is 0 Å². The Morgan fingerprint density at radius 3 is 2.58 bits per heavy atom. The zero-order valence-electron chi connectivity index (χ0n) is 6.19. The number of amides is 2. The molecule has 1 atom stereocenters. The van der Waals surface area contributed by atoms with Gasteiger partial charge < -0.3 is 0 Å². The van der Waals surface area contributed by atoms with E-state index in [2.05, 4.69) is 15.9 Å². The van der Waals surface area contributed by atoms with Crippen molar-refractivity contribution in [1.29, 1.82) is 0 Å². The number of hydrogen-bond donors (Lipinski definition) is 2. The predicted octanol–water partition coefficient (Wildman–Crippen LogP) is 0.208. The van der Waals surface area contributed by atoms with Crippen LogP contribution in [0.2, 0.25) is 0 Å². The molecule has 0 saturated carbocycles. The third kappa shape index (κ3) is 1.06. The van der Waals surface area contributed by atoms with Gasteiger partial charge in [0.25, 0.3) is 0 Å². The van der Waals surface area contributed by atoms with Crippen LogP contribution in [0.4, 0.5) is 10.5 Å². The van der Waals surface area contributed by atoms with Gasteiger partial charge in [0.2, 0.25) is 0 Å². The monoisotopic (exact) mass is 163 g/mol. The van der Waals surface area contributed by atoms with Crippen molar-refractivity contribution < 1.29 is 9.80 Å². The molecule has 1 aromatic rings. The van der Waals surface area contributed by atoms with Crippen molar-refractivity contribution in [3.8, 4) is 0 Å². The molecule has 0 bridgehead atoms. The van der Waals surface area contributed by atoms with E-state index >= 15 is 0 Å². The lowest BCUT2D eigenvalue weighted by Gasteiger charge is -1.99. The quantitative estimate of drug-likeness (QED) is 0.610. The first-order chi connectivity index (χ1) is 5.88. The average Bonchev–Trinajstić information content (AvgIpc) is 2.53. The van der Waals surface area contributed by atoms with Crippen molar-refractivity contribution in [3.05, 3.63) is 30.3 Å². The summed E-state index contributed by atoms with van der Waals surface area (Å²) in [5.41, 5.74) is 3.04. The van der Waals surface area contributed by atoms with Gasteiger partial charge >= 0.3 is 6.03 Å². The van der Waals surface area contributed by atoms with Crippen molar-refractivity contribution in [2.24, 2.45) is 10.4 Å². The van der Waals surface area contributed by atoms with E-state index in [1.165, 1.54) is 0 Å². The minimum atomic E-state index is -0.249. The molecular formula is C7H7N4O+. The second kappa shape index (κ2) is 2.71. The lowest BCUT2D eigenvalue weighted by atomic mass is 10.3. The molecule has 12 heavy (non-hydrogen) atoms. The lowest BCUT2D eigenvalue weighted by Crippen LogP contribution is -3.04. The second-order valence-electron chi connectivity index (χ2n) is 2.36. The van der Waals surface area contributed by atoms with Gasteiger partial charge in [-0.25, -0.2) is 4.79 Å². The number of carbonyl (C=O) groups excluding carboxylic acids is 1. The van der Waals surface area contributed by atoms with Crippen LogP contribution in [-0.2, 0) is 0 Å². The maximum Gasteiger partial charge on any atom is 0.469 e. The number of rotatable bonds is 1. The van der Waals surface area contributed by atoms with Crippen molar-refractivity contribution in [2.75, 3.05) is 0 Å². The van der Waals surface area contributed by atoms with Crippen LogP contribution < -0.4 is 10.4 Å². The van der Waals surface area contributed by atoms with Gasteiger partial charge in [0, 0.05) is 12.1 Å². The molecule has 2 rings (SSSR count). The molecule has 0 saturated heterocycles. The van der Waals surface area contributed by atoms with E-state index in [1.807, 2.05) is 30.3 Å². The highest BCUT2D eigenvalue weighted by molar-refractivity contribution is 5.67. The fraction of sp³-hybridized carbons (Fsp3) is 0. The summed E-state index contributed by atoms with van der Waals surface area (Å²) in [5.74, 6) is 0. The summed E-state index contributed by atoms with van der Waals surface area (Å²) in [6.07, 6.45) is 0. The molecular weight excluding hydrogens is 156 g/mol. The van der Waals surface area contributed by atoms with Gasteiger partial charge in [-0.15, -0.1) is 0 Å². The normalized spacial score (nSPS) is 21.0. The standard InChI is InChI=1S/C7H6N4O/c12-7-8-9-10-11(7)6-4-2-1-3-5-6/h1-5H,(H,8,10,12)/p+1. The Balaban J connectivity index is 2.31. The molecule has 0 aromatic heterocycles. The number of nitrogens with one attached hydrogen (secondary N) is 2. The Bertz CT molecular complexity index is 321. The van der Waals surface area contributed by atoms with Crippen molar-refractivity contribution in [2.45, 2.75) is 0 Å². The molecule has 0 spiro atoms. The van der Waals surface area contributed by atoms with Gasteiger partial charge in [0.05, 0.1) is 5.22 Å². The fourth-order valence-corrected chi connectivity index (χ4v) is 1.00. The maximum atomic E-state index is 11.0. The Kier molecular flexibility index (Phi) is 1.56. The summed E-state index contributed by atoms with van der Waals surface area (Å²) in [6, 6.07) is 8.97. The van der Waals surface area contributed by atoms with Gasteiger partial charge in [-0.1, -0.05) is 23.2 Å². The maximum absolute atomic E-state index is 11.0. The third-order valence-electron chi connectivity index (χ3n) is 1.56. The Hall–Kier alpha value is -1.75. The van der Waals surface area contributed by atoms with E-state index in [-0.39, 0.29) is 6.03 Å². The molecule has 0 aliphatic carbocycles. The molecule has 0 fully saturated rings. The molecule has 1 unspecified atom stereocenters. The SMILES string of the molecule is O=C1NN=N[NH+]1c1ccccc1. The van der Waals surface area contributed by atoms with Crippen LogP contribution in [0, 0.1) is 0 Å².